The molecule has 190 valence electrons. The highest BCUT2D eigenvalue weighted by Gasteiger charge is 2.41. The van der Waals surface area contributed by atoms with Gasteiger partial charge in [-0.3, -0.25) is 9.59 Å². The molecule has 0 aliphatic rings. The van der Waals surface area contributed by atoms with Crippen molar-refractivity contribution in [2.45, 2.75) is 78.9 Å². The summed E-state index contributed by atoms with van der Waals surface area (Å²) in [6, 6.07) is 7.99. The second-order valence-electron chi connectivity index (χ2n) is 11.0. The van der Waals surface area contributed by atoms with E-state index in [4.69, 9.17) is 0 Å². The molecule has 34 heavy (non-hydrogen) atoms. The summed E-state index contributed by atoms with van der Waals surface area (Å²) in [6.45, 7) is 15.1. The normalized spacial score (nSPS) is 15.4. The van der Waals surface area contributed by atoms with E-state index < -0.39 is 34.9 Å². The van der Waals surface area contributed by atoms with Crippen molar-refractivity contribution in [1.29, 1.82) is 0 Å². The molecule has 3 atom stereocenters. The highest BCUT2D eigenvalue weighted by Crippen LogP contribution is 2.29. The number of carbonyl (C=O) groups is 3. The van der Waals surface area contributed by atoms with Gasteiger partial charge in [-0.2, -0.15) is 0 Å². The lowest BCUT2D eigenvalue weighted by Gasteiger charge is -2.39. The molecule has 7 nitrogen and oxygen atoms in total. The van der Waals surface area contributed by atoms with Crippen molar-refractivity contribution in [3.8, 4) is 0 Å². The third-order valence-corrected chi connectivity index (χ3v) is 6.43. The van der Waals surface area contributed by atoms with E-state index in [9.17, 15) is 19.5 Å². The molecule has 0 radical (unpaired) electrons. The molecule has 7 heteroatoms. The van der Waals surface area contributed by atoms with Gasteiger partial charge in [0.05, 0.1) is 12.1 Å². The zero-order chi connectivity index (χ0) is 26.4. The standard InChI is InChI=1S/C27H43N3O4/c1-17(2)20(16-18(3)25(33)34)30(10)24(32)22(26(4,5)6)29-23(31)21(28-9)27(7,8)19-14-12-11-13-15-19/h11-17,20-22,28H,1-10H3,(H,29,31)(H,33,34)/b18-16+/t20-,21+,22+/m0/s1. The number of carbonyl (C=O) groups excluding carboxylic acids is 2. The molecule has 0 unspecified atom stereocenters. The van der Waals surface area contributed by atoms with Gasteiger partial charge in [0.15, 0.2) is 0 Å². The van der Waals surface area contributed by atoms with E-state index in [1.807, 2.05) is 78.8 Å². The van der Waals surface area contributed by atoms with Gasteiger partial charge in [-0.25, -0.2) is 4.79 Å². The van der Waals surface area contributed by atoms with E-state index in [0.717, 1.165) is 5.56 Å². The van der Waals surface area contributed by atoms with Gasteiger partial charge in [0, 0.05) is 18.0 Å². The second-order valence-corrected chi connectivity index (χ2v) is 11.0. The summed E-state index contributed by atoms with van der Waals surface area (Å²) in [4.78, 5) is 40.1. The molecule has 1 aromatic rings. The second kappa shape index (κ2) is 11.6. The molecule has 0 fully saturated rings. The lowest BCUT2D eigenvalue weighted by molar-refractivity contribution is -0.141. The van der Waals surface area contributed by atoms with Crippen LogP contribution in [0.15, 0.2) is 42.0 Å². The number of nitrogens with zero attached hydrogens (tertiary/aromatic N) is 1. The van der Waals surface area contributed by atoms with E-state index in [2.05, 4.69) is 10.6 Å². The zero-order valence-electron chi connectivity index (χ0n) is 22.4. The van der Waals surface area contributed by atoms with Gasteiger partial charge in [0.25, 0.3) is 0 Å². The van der Waals surface area contributed by atoms with E-state index >= 15 is 0 Å². The lowest BCUT2D eigenvalue weighted by Crippen LogP contribution is -2.61. The Morgan fingerprint density at radius 2 is 1.53 bits per heavy atom. The van der Waals surface area contributed by atoms with Crippen molar-refractivity contribution < 1.29 is 19.5 Å². The Balaban J connectivity index is 3.29. The average molecular weight is 474 g/mol. The number of amides is 2. The van der Waals surface area contributed by atoms with Crippen LogP contribution in [0.25, 0.3) is 0 Å². The molecular formula is C27H43N3O4. The third-order valence-electron chi connectivity index (χ3n) is 6.43. The number of hydrogen-bond donors (Lipinski definition) is 3. The minimum absolute atomic E-state index is 0.0124. The first-order valence-corrected chi connectivity index (χ1v) is 11.8. The van der Waals surface area contributed by atoms with Crippen molar-refractivity contribution >= 4 is 17.8 Å². The highest BCUT2D eigenvalue weighted by molar-refractivity contribution is 5.91. The molecule has 0 bridgehead atoms. The zero-order valence-corrected chi connectivity index (χ0v) is 22.4. The van der Waals surface area contributed by atoms with Crippen LogP contribution in [0.3, 0.4) is 0 Å². The van der Waals surface area contributed by atoms with Gasteiger partial charge in [-0.1, -0.05) is 84.9 Å². The summed E-state index contributed by atoms with van der Waals surface area (Å²) in [5.74, 6) is -1.56. The van der Waals surface area contributed by atoms with Crippen LogP contribution in [0.5, 0.6) is 0 Å². The SMILES string of the molecule is CN[C@H](C(=O)N[C@H](C(=O)N(C)[C@@H](/C=C(\C)C(=O)O)C(C)C)C(C)(C)C)C(C)(C)c1ccccc1. The van der Waals surface area contributed by atoms with Crippen LogP contribution < -0.4 is 10.6 Å². The van der Waals surface area contributed by atoms with Gasteiger partial charge >= 0.3 is 5.97 Å². The predicted octanol–water partition coefficient (Wildman–Crippen LogP) is 3.60. The van der Waals surface area contributed by atoms with E-state index in [1.54, 1.807) is 25.1 Å². The first kappa shape index (κ1) is 29.4. The summed E-state index contributed by atoms with van der Waals surface area (Å²) in [5, 5.41) is 15.5. The third kappa shape index (κ3) is 7.16. The fourth-order valence-corrected chi connectivity index (χ4v) is 4.16. The maximum absolute atomic E-state index is 13.7. The first-order valence-electron chi connectivity index (χ1n) is 11.8. The monoisotopic (exact) mass is 473 g/mol. The number of benzene rings is 1. The van der Waals surface area contributed by atoms with Gasteiger partial charge in [0.2, 0.25) is 11.8 Å². The van der Waals surface area contributed by atoms with Gasteiger partial charge in [-0.05, 0) is 30.9 Å². The number of carboxylic acids is 1. The van der Waals surface area contributed by atoms with Crippen molar-refractivity contribution in [3.05, 3.63) is 47.5 Å². The number of aliphatic carboxylic acids is 1. The predicted molar refractivity (Wildman–Crippen MR) is 136 cm³/mol. The first-order chi connectivity index (χ1) is 15.5. The molecule has 3 N–H and O–H groups in total. The number of nitrogens with one attached hydrogen (secondary N) is 2. The molecular weight excluding hydrogens is 430 g/mol. The minimum atomic E-state index is -1.02. The number of likely N-dealkylation sites (N-methyl/N-ethyl adjacent to an activating group) is 2. The maximum atomic E-state index is 13.7. The van der Waals surface area contributed by atoms with E-state index in [-0.39, 0.29) is 23.3 Å². The Hall–Kier alpha value is -2.67. The molecule has 0 saturated carbocycles. The van der Waals surface area contributed by atoms with Crippen molar-refractivity contribution in [3.63, 3.8) is 0 Å². The van der Waals surface area contributed by atoms with Crippen LogP contribution in [0.4, 0.5) is 0 Å². The molecule has 1 aromatic carbocycles. The number of hydrogen-bond acceptors (Lipinski definition) is 4. The van der Waals surface area contributed by atoms with E-state index in [0.29, 0.717) is 0 Å². The molecule has 0 aromatic heterocycles. The topological polar surface area (TPSA) is 98.7 Å². The molecule has 1 rings (SSSR count). The van der Waals surface area contributed by atoms with Crippen LogP contribution in [0.1, 0.15) is 61.0 Å². The average Bonchev–Trinajstić information content (AvgIpc) is 2.74. The summed E-state index contributed by atoms with van der Waals surface area (Å²) >= 11 is 0. The lowest BCUT2D eigenvalue weighted by atomic mass is 9.76. The van der Waals surface area contributed by atoms with Crippen LogP contribution in [-0.4, -0.2) is 60.0 Å². The molecule has 0 spiro atoms. The van der Waals surface area contributed by atoms with Gasteiger partial charge in [-0.15, -0.1) is 0 Å². The smallest absolute Gasteiger partial charge is 0.331 e. The largest absolute Gasteiger partial charge is 0.478 e. The Morgan fingerprint density at radius 3 is 1.94 bits per heavy atom. The number of carboxylic acid groups (broad SMARTS) is 1. The Labute approximate surface area is 205 Å². The Morgan fingerprint density at radius 1 is 1.00 bits per heavy atom. The molecule has 0 heterocycles. The fourth-order valence-electron chi connectivity index (χ4n) is 4.16. The summed E-state index contributed by atoms with van der Waals surface area (Å²) < 4.78 is 0. The van der Waals surface area contributed by atoms with Gasteiger partial charge < -0.3 is 20.6 Å². The molecule has 0 aliphatic carbocycles. The number of rotatable bonds is 10. The van der Waals surface area contributed by atoms with Crippen molar-refractivity contribution in [1.82, 2.24) is 15.5 Å². The quantitative estimate of drug-likeness (QED) is 0.451. The molecule has 0 saturated heterocycles. The maximum Gasteiger partial charge on any atom is 0.331 e. The summed E-state index contributed by atoms with van der Waals surface area (Å²) in [7, 11) is 3.40. The Kier molecular flexibility index (Phi) is 10.1. The van der Waals surface area contributed by atoms with E-state index in [1.165, 1.54) is 6.92 Å². The van der Waals surface area contributed by atoms with Crippen molar-refractivity contribution in [2.75, 3.05) is 14.1 Å². The fraction of sp³-hybridized carbons (Fsp3) is 0.593. The summed E-state index contributed by atoms with van der Waals surface area (Å²) in [5.41, 5.74) is 0.0895. The van der Waals surface area contributed by atoms with Crippen molar-refractivity contribution in [2.24, 2.45) is 11.3 Å². The molecule has 0 aliphatic heterocycles. The Bertz CT molecular complexity index is 885. The molecule has 2 amide bonds. The highest BCUT2D eigenvalue weighted by atomic mass is 16.4. The van der Waals surface area contributed by atoms with Crippen LogP contribution >= 0.6 is 0 Å². The van der Waals surface area contributed by atoms with Crippen LogP contribution in [0.2, 0.25) is 0 Å². The van der Waals surface area contributed by atoms with Crippen LogP contribution in [-0.2, 0) is 19.8 Å². The van der Waals surface area contributed by atoms with Crippen LogP contribution in [0, 0.1) is 11.3 Å². The summed E-state index contributed by atoms with van der Waals surface area (Å²) in [6.07, 6.45) is 1.60. The minimum Gasteiger partial charge on any atom is -0.478 e. The van der Waals surface area contributed by atoms with Gasteiger partial charge in [0.1, 0.15) is 6.04 Å².